The molecule has 1 saturated heterocycles. The molecule has 33 heavy (non-hydrogen) atoms. The van der Waals surface area contributed by atoms with Gasteiger partial charge in [-0.15, -0.1) is 0 Å². The zero-order valence-corrected chi connectivity index (χ0v) is 20.2. The zero-order chi connectivity index (χ0) is 23.6. The standard InChI is InChI=1S/C24H26FN3O3S2/c1-3-27(19-12-13-33(30,31)16-19)23(29)15-32-24-26-14-22(18-10-8-17(2)9-11-18)28(24)21-7-5-4-6-20(21)25/h4-11,14,19H,3,12-13,15-16H2,1-2H3/t19-/m1/s1. The van der Waals surface area contributed by atoms with Gasteiger partial charge < -0.3 is 4.90 Å². The minimum Gasteiger partial charge on any atom is -0.338 e. The average molecular weight is 488 g/mol. The first-order valence-electron chi connectivity index (χ1n) is 10.8. The number of hydrogen-bond acceptors (Lipinski definition) is 5. The highest BCUT2D eigenvalue weighted by molar-refractivity contribution is 7.99. The number of para-hydroxylation sites is 1. The van der Waals surface area contributed by atoms with Crippen molar-refractivity contribution in [1.82, 2.24) is 14.5 Å². The van der Waals surface area contributed by atoms with E-state index in [9.17, 15) is 17.6 Å². The molecule has 1 aromatic heterocycles. The number of halogens is 1. The molecule has 2 heterocycles. The Kier molecular flexibility index (Phi) is 6.90. The molecule has 1 aliphatic heterocycles. The Morgan fingerprint density at radius 3 is 2.58 bits per heavy atom. The number of nitrogens with zero attached hydrogens (tertiary/aromatic N) is 3. The molecule has 0 unspecified atom stereocenters. The lowest BCUT2D eigenvalue weighted by molar-refractivity contribution is -0.129. The summed E-state index contributed by atoms with van der Waals surface area (Å²) in [5.41, 5.74) is 3.09. The lowest BCUT2D eigenvalue weighted by Gasteiger charge is -2.26. The Morgan fingerprint density at radius 1 is 1.21 bits per heavy atom. The fourth-order valence-electron chi connectivity index (χ4n) is 4.10. The van der Waals surface area contributed by atoms with Crippen LogP contribution in [0.2, 0.25) is 0 Å². The molecule has 0 bridgehead atoms. The van der Waals surface area contributed by atoms with Crippen LogP contribution in [-0.2, 0) is 14.6 Å². The third-order valence-electron chi connectivity index (χ3n) is 5.81. The molecule has 4 rings (SSSR count). The number of thioether (sulfide) groups is 1. The van der Waals surface area contributed by atoms with Crippen LogP contribution in [0.1, 0.15) is 18.9 Å². The Labute approximate surface area is 197 Å². The van der Waals surface area contributed by atoms with Gasteiger partial charge in [0.2, 0.25) is 5.91 Å². The van der Waals surface area contributed by atoms with Gasteiger partial charge in [0, 0.05) is 18.2 Å². The summed E-state index contributed by atoms with van der Waals surface area (Å²) in [6, 6.07) is 14.1. The molecule has 6 nitrogen and oxygen atoms in total. The first-order valence-corrected chi connectivity index (χ1v) is 13.6. The molecule has 0 spiro atoms. The fourth-order valence-corrected chi connectivity index (χ4v) is 6.70. The Morgan fingerprint density at radius 2 is 1.94 bits per heavy atom. The number of amides is 1. The second-order valence-electron chi connectivity index (χ2n) is 8.10. The molecular weight excluding hydrogens is 461 g/mol. The highest BCUT2D eigenvalue weighted by Gasteiger charge is 2.34. The monoisotopic (exact) mass is 487 g/mol. The van der Waals surface area contributed by atoms with Crippen molar-refractivity contribution in [2.45, 2.75) is 31.5 Å². The van der Waals surface area contributed by atoms with Gasteiger partial charge in [0.1, 0.15) is 5.82 Å². The highest BCUT2D eigenvalue weighted by Crippen LogP contribution is 2.31. The lowest BCUT2D eigenvalue weighted by Crippen LogP contribution is -2.42. The van der Waals surface area contributed by atoms with Crippen LogP contribution in [0.3, 0.4) is 0 Å². The molecule has 1 aliphatic rings. The summed E-state index contributed by atoms with van der Waals surface area (Å²) in [6.07, 6.45) is 2.15. The summed E-state index contributed by atoms with van der Waals surface area (Å²) in [6.45, 7) is 4.29. The zero-order valence-electron chi connectivity index (χ0n) is 18.6. The van der Waals surface area contributed by atoms with Gasteiger partial charge in [0.15, 0.2) is 15.0 Å². The molecule has 0 aliphatic carbocycles. The summed E-state index contributed by atoms with van der Waals surface area (Å²) in [5, 5.41) is 0.499. The van der Waals surface area contributed by atoms with Crippen LogP contribution in [0, 0.1) is 12.7 Å². The van der Waals surface area contributed by atoms with Crippen molar-refractivity contribution in [3.63, 3.8) is 0 Å². The van der Waals surface area contributed by atoms with Gasteiger partial charge in [-0.2, -0.15) is 0 Å². The Hall–Kier alpha value is -2.65. The van der Waals surface area contributed by atoms with E-state index in [4.69, 9.17) is 0 Å². The topological polar surface area (TPSA) is 72.3 Å². The van der Waals surface area contributed by atoms with Crippen LogP contribution < -0.4 is 0 Å². The van der Waals surface area contributed by atoms with Crippen molar-refractivity contribution >= 4 is 27.5 Å². The fraction of sp³-hybridized carbons (Fsp3) is 0.333. The molecule has 1 fully saturated rings. The van der Waals surface area contributed by atoms with Crippen molar-refractivity contribution in [3.05, 3.63) is 66.1 Å². The number of carbonyl (C=O) groups excluding carboxylic acids is 1. The second kappa shape index (κ2) is 9.69. The van der Waals surface area contributed by atoms with Gasteiger partial charge in [-0.05, 0) is 32.4 Å². The predicted octanol–water partition coefficient (Wildman–Crippen LogP) is 4.11. The predicted molar refractivity (Wildman–Crippen MR) is 129 cm³/mol. The summed E-state index contributed by atoms with van der Waals surface area (Å²) in [4.78, 5) is 19.1. The highest BCUT2D eigenvalue weighted by atomic mass is 32.2. The maximum Gasteiger partial charge on any atom is 0.233 e. The average Bonchev–Trinajstić information content (AvgIpc) is 3.36. The minimum atomic E-state index is -3.09. The summed E-state index contributed by atoms with van der Waals surface area (Å²) in [5.74, 6) is -0.318. The molecule has 0 N–H and O–H groups in total. The van der Waals surface area contributed by atoms with Gasteiger partial charge in [-0.25, -0.2) is 17.8 Å². The number of rotatable bonds is 7. The maximum absolute atomic E-state index is 14.8. The third-order valence-corrected chi connectivity index (χ3v) is 8.49. The molecule has 9 heteroatoms. The van der Waals surface area contributed by atoms with Gasteiger partial charge in [0.25, 0.3) is 0 Å². The molecule has 1 amide bonds. The lowest BCUT2D eigenvalue weighted by atomic mass is 10.1. The van der Waals surface area contributed by atoms with Crippen LogP contribution >= 0.6 is 11.8 Å². The van der Waals surface area contributed by atoms with E-state index >= 15 is 0 Å². The van der Waals surface area contributed by atoms with E-state index < -0.39 is 9.84 Å². The number of sulfone groups is 1. The first-order chi connectivity index (χ1) is 15.8. The third kappa shape index (κ3) is 5.14. The summed E-state index contributed by atoms with van der Waals surface area (Å²) in [7, 11) is -3.09. The normalized spacial score (nSPS) is 17.2. The first kappa shape index (κ1) is 23.5. The van der Waals surface area contributed by atoms with E-state index in [2.05, 4.69) is 4.98 Å². The van der Waals surface area contributed by atoms with Crippen molar-refractivity contribution in [2.24, 2.45) is 0 Å². The molecule has 0 saturated carbocycles. The molecule has 0 radical (unpaired) electrons. The van der Waals surface area contributed by atoms with Crippen molar-refractivity contribution < 1.29 is 17.6 Å². The number of carbonyl (C=O) groups is 1. The number of aromatic nitrogens is 2. The minimum absolute atomic E-state index is 0.0126. The number of imidazole rings is 1. The maximum atomic E-state index is 14.8. The molecule has 1 atom stereocenters. The van der Waals surface area contributed by atoms with Crippen LogP contribution in [-0.4, -0.2) is 58.6 Å². The number of hydrogen-bond donors (Lipinski definition) is 0. The summed E-state index contributed by atoms with van der Waals surface area (Å²) >= 11 is 1.22. The molecule has 3 aromatic rings. The van der Waals surface area contributed by atoms with Gasteiger partial charge in [-0.1, -0.05) is 53.7 Å². The van der Waals surface area contributed by atoms with Gasteiger partial charge in [-0.3, -0.25) is 9.36 Å². The second-order valence-corrected chi connectivity index (χ2v) is 11.3. The van der Waals surface area contributed by atoms with E-state index in [1.54, 1.807) is 33.9 Å². The van der Waals surface area contributed by atoms with E-state index in [0.29, 0.717) is 23.8 Å². The SMILES string of the molecule is CCN(C(=O)CSc1ncc(-c2ccc(C)cc2)n1-c1ccccc1F)[C@@H]1CCS(=O)(=O)C1. The van der Waals surface area contributed by atoms with Crippen molar-refractivity contribution in [1.29, 1.82) is 0 Å². The van der Waals surface area contributed by atoms with Gasteiger partial charge >= 0.3 is 0 Å². The van der Waals surface area contributed by atoms with Crippen molar-refractivity contribution in [3.8, 4) is 16.9 Å². The number of aryl methyl sites for hydroxylation is 1. The Balaban J connectivity index is 1.62. The molecular formula is C24H26FN3O3S2. The molecule has 174 valence electrons. The van der Waals surface area contributed by atoms with Crippen molar-refractivity contribution in [2.75, 3.05) is 23.8 Å². The number of benzene rings is 2. The van der Waals surface area contributed by atoms with Gasteiger partial charge in [0.05, 0.1) is 34.8 Å². The van der Waals surface area contributed by atoms with Crippen LogP contribution in [0.15, 0.2) is 59.9 Å². The largest absolute Gasteiger partial charge is 0.338 e. The summed E-state index contributed by atoms with van der Waals surface area (Å²) < 4.78 is 40.2. The molecule has 2 aromatic carbocycles. The van der Waals surface area contributed by atoms with Crippen LogP contribution in [0.5, 0.6) is 0 Å². The van der Waals surface area contributed by atoms with E-state index in [1.807, 2.05) is 38.1 Å². The van der Waals surface area contributed by atoms with Crippen LogP contribution in [0.4, 0.5) is 4.39 Å². The van der Waals surface area contributed by atoms with Crippen LogP contribution in [0.25, 0.3) is 16.9 Å². The quantitative estimate of drug-likeness (QED) is 0.469. The van der Waals surface area contributed by atoms with E-state index in [0.717, 1.165) is 16.8 Å². The van der Waals surface area contributed by atoms with E-state index in [1.165, 1.54) is 17.8 Å². The Bertz CT molecular complexity index is 1260. The van der Waals surface area contributed by atoms with E-state index in [-0.39, 0.29) is 35.0 Å². The smallest absolute Gasteiger partial charge is 0.233 e.